The number of likely N-dealkylation sites (tertiary alicyclic amines) is 1. The Morgan fingerprint density at radius 1 is 1.29 bits per heavy atom. The highest BCUT2D eigenvalue weighted by atomic mass is 16.5. The lowest BCUT2D eigenvalue weighted by molar-refractivity contribution is -0.122. The van der Waals surface area contributed by atoms with Crippen LogP contribution in [0.15, 0.2) is 47.2 Å². The fourth-order valence-corrected chi connectivity index (χ4v) is 3.92. The molecule has 1 aliphatic rings. The van der Waals surface area contributed by atoms with Crippen molar-refractivity contribution in [3.8, 4) is 5.75 Å². The van der Waals surface area contributed by atoms with Crippen molar-refractivity contribution in [2.24, 2.45) is 5.92 Å². The molecule has 0 amide bonds. The van der Waals surface area contributed by atoms with Crippen LogP contribution in [0.2, 0.25) is 0 Å². The zero-order valence-electron chi connectivity index (χ0n) is 17.7. The highest BCUT2D eigenvalue weighted by Gasteiger charge is 2.32. The topological polar surface area (TPSA) is 114 Å². The predicted octanol–water partition coefficient (Wildman–Crippen LogP) is 1.97. The van der Waals surface area contributed by atoms with Crippen molar-refractivity contribution in [1.29, 1.82) is 0 Å². The normalized spacial score (nSPS) is 18.4. The first kappa shape index (κ1) is 22.5. The van der Waals surface area contributed by atoms with Crippen molar-refractivity contribution in [1.82, 2.24) is 19.8 Å². The number of nitrogens with zero attached hydrogens (tertiary/aromatic N) is 4. The molecule has 166 valence electrons. The van der Waals surface area contributed by atoms with Gasteiger partial charge in [0.05, 0.1) is 25.5 Å². The van der Waals surface area contributed by atoms with Gasteiger partial charge in [0, 0.05) is 56.0 Å². The van der Waals surface area contributed by atoms with E-state index in [9.17, 15) is 5.11 Å². The third-order valence-corrected chi connectivity index (χ3v) is 5.26. The number of aliphatic hydroxyl groups excluding tert-OH is 1. The molecule has 0 spiro atoms. The van der Waals surface area contributed by atoms with Crippen LogP contribution >= 0.6 is 0 Å². The van der Waals surface area contributed by atoms with E-state index in [-0.39, 0.29) is 18.5 Å². The number of methoxy groups -OCH3 is 1. The number of aliphatic hydroxyl groups is 1. The summed E-state index contributed by atoms with van der Waals surface area (Å²) >= 11 is 0. The number of ether oxygens (including phenoxy) is 1. The molecule has 2 aromatic heterocycles. The highest BCUT2D eigenvalue weighted by molar-refractivity contribution is 5.37. The molecule has 2 N–H and O–H groups in total. The summed E-state index contributed by atoms with van der Waals surface area (Å²) in [4.78, 5) is 10.7. The number of benzene rings is 1. The van der Waals surface area contributed by atoms with Crippen LogP contribution in [0.3, 0.4) is 0 Å². The molecule has 2 atom stereocenters. The van der Waals surface area contributed by atoms with E-state index in [1.54, 1.807) is 13.3 Å². The summed E-state index contributed by atoms with van der Waals surface area (Å²) in [6.07, 6.45) is 4.08. The van der Waals surface area contributed by atoms with Gasteiger partial charge in [0.25, 0.3) is 6.47 Å². The molecule has 1 aliphatic heterocycles. The van der Waals surface area contributed by atoms with Crippen LogP contribution in [0.1, 0.15) is 22.6 Å². The molecule has 1 aromatic carbocycles. The first-order valence-electron chi connectivity index (χ1n) is 10.1. The first-order chi connectivity index (χ1) is 15.0. The van der Waals surface area contributed by atoms with E-state index in [4.69, 9.17) is 19.2 Å². The Hall–Kier alpha value is -3.17. The fourth-order valence-electron chi connectivity index (χ4n) is 3.92. The number of carboxylic acid groups (broad SMARTS) is 1. The van der Waals surface area contributed by atoms with Crippen LogP contribution < -0.4 is 4.74 Å². The van der Waals surface area contributed by atoms with Crippen molar-refractivity contribution in [3.05, 3.63) is 65.3 Å². The molecule has 4 rings (SSSR count). The molecule has 31 heavy (non-hydrogen) atoms. The Labute approximate surface area is 180 Å². The van der Waals surface area contributed by atoms with Crippen molar-refractivity contribution in [2.45, 2.75) is 32.5 Å². The second-order valence-electron chi connectivity index (χ2n) is 7.62. The molecule has 0 unspecified atom stereocenters. The molecular weight excluding hydrogens is 400 g/mol. The lowest BCUT2D eigenvalue weighted by atomic mass is 10.0. The third kappa shape index (κ3) is 6.16. The molecule has 1 saturated heterocycles. The van der Waals surface area contributed by atoms with E-state index in [2.05, 4.69) is 27.3 Å². The minimum absolute atomic E-state index is 0.161. The highest BCUT2D eigenvalue weighted by Crippen LogP contribution is 2.26. The summed E-state index contributed by atoms with van der Waals surface area (Å²) in [6.45, 7) is 4.62. The van der Waals surface area contributed by atoms with Crippen LogP contribution in [0.25, 0.3) is 0 Å². The number of aryl methyl sites for hydroxylation is 1. The predicted molar refractivity (Wildman–Crippen MR) is 113 cm³/mol. The van der Waals surface area contributed by atoms with E-state index in [0.717, 1.165) is 35.9 Å². The Morgan fingerprint density at radius 2 is 2.10 bits per heavy atom. The molecule has 3 aromatic rings. The maximum atomic E-state index is 10.5. The van der Waals surface area contributed by atoms with Crippen LogP contribution in [0.5, 0.6) is 5.75 Å². The van der Waals surface area contributed by atoms with E-state index in [1.165, 1.54) is 5.56 Å². The summed E-state index contributed by atoms with van der Waals surface area (Å²) < 4.78 is 12.7. The number of hydrogen-bond acceptors (Lipinski definition) is 7. The largest absolute Gasteiger partial charge is 0.496 e. The summed E-state index contributed by atoms with van der Waals surface area (Å²) in [5.74, 6) is 1.86. The second-order valence-corrected chi connectivity index (χ2v) is 7.62. The monoisotopic (exact) mass is 428 g/mol. The summed E-state index contributed by atoms with van der Waals surface area (Å²) in [7, 11) is 1.69. The summed E-state index contributed by atoms with van der Waals surface area (Å²) in [5, 5.41) is 25.6. The maximum Gasteiger partial charge on any atom is 0.290 e. The van der Waals surface area contributed by atoms with E-state index >= 15 is 0 Å². The Balaban J connectivity index is 0.000000858. The third-order valence-electron chi connectivity index (χ3n) is 5.26. The molecule has 9 heteroatoms. The fraction of sp³-hybridized carbons (Fsp3) is 0.409. The minimum atomic E-state index is -0.354. The molecule has 3 heterocycles. The Kier molecular flexibility index (Phi) is 7.80. The molecule has 9 nitrogen and oxygen atoms in total. The second kappa shape index (κ2) is 10.7. The Morgan fingerprint density at radius 3 is 2.74 bits per heavy atom. The van der Waals surface area contributed by atoms with Crippen molar-refractivity contribution in [3.63, 3.8) is 0 Å². The van der Waals surface area contributed by atoms with Crippen LogP contribution in [0, 0.1) is 12.8 Å². The Bertz CT molecular complexity index is 957. The molecule has 0 saturated carbocycles. The summed E-state index contributed by atoms with van der Waals surface area (Å²) in [5.41, 5.74) is 3.17. The number of hydrogen-bond donors (Lipinski definition) is 2. The van der Waals surface area contributed by atoms with Gasteiger partial charge in [-0.15, -0.1) is 0 Å². The van der Waals surface area contributed by atoms with E-state index in [1.807, 2.05) is 36.0 Å². The zero-order valence-corrected chi connectivity index (χ0v) is 17.7. The van der Waals surface area contributed by atoms with E-state index in [0.29, 0.717) is 19.5 Å². The van der Waals surface area contributed by atoms with Crippen molar-refractivity contribution in [2.75, 3.05) is 20.2 Å². The maximum absolute atomic E-state index is 10.5. The lowest BCUT2D eigenvalue weighted by Crippen LogP contribution is -2.21. The van der Waals surface area contributed by atoms with Gasteiger partial charge < -0.3 is 19.5 Å². The molecule has 0 radical (unpaired) electrons. The minimum Gasteiger partial charge on any atom is -0.496 e. The van der Waals surface area contributed by atoms with Gasteiger partial charge in [-0.1, -0.05) is 11.2 Å². The standard InChI is InChI=1S/C21H26N4O3.CH2O2/c1-15-8-19(28-23-15)10-17-12-24(14-20(17)26)11-16-4-5-21(27-2)18(9-16)13-25-7-3-6-22-25;2-1-3/h3-9,17,20,26H,10-14H2,1-2H3;1H,(H,2,3)/t17-,20-;/m1./s1. The van der Waals surface area contributed by atoms with Crippen LogP contribution in [-0.4, -0.2) is 62.8 Å². The number of β-amino-alcohol motifs (C(OH)–C–C–N with tert-alkyl or cyclic N) is 1. The average Bonchev–Trinajstić information content (AvgIpc) is 3.46. The van der Waals surface area contributed by atoms with Gasteiger partial charge in [0.1, 0.15) is 11.5 Å². The van der Waals surface area contributed by atoms with Crippen molar-refractivity contribution >= 4 is 6.47 Å². The van der Waals surface area contributed by atoms with Gasteiger partial charge in [0.2, 0.25) is 0 Å². The van der Waals surface area contributed by atoms with Gasteiger partial charge in [-0.2, -0.15) is 5.10 Å². The first-order valence-corrected chi connectivity index (χ1v) is 10.1. The molecule has 0 aliphatic carbocycles. The van der Waals surface area contributed by atoms with Gasteiger partial charge in [0.15, 0.2) is 0 Å². The van der Waals surface area contributed by atoms with E-state index < -0.39 is 0 Å². The van der Waals surface area contributed by atoms with Gasteiger partial charge in [-0.3, -0.25) is 14.4 Å². The lowest BCUT2D eigenvalue weighted by Gasteiger charge is -2.17. The average molecular weight is 428 g/mol. The number of aromatic nitrogens is 3. The van der Waals surface area contributed by atoms with Crippen molar-refractivity contribution < 1.29 is 24.3 Å². The smallest absolute Gasteiger partial charge is 0.290 e. The van der Waals surface area contributed by atoms with Gasteiger partial charge in [-0.05, 0) is 30.7 Å². The quantitative estimate of drug-likeness (QED) is 0.549. The summed E-state index contributed by atoms with van der Waals surface area (Å²) in [6, 6.07) is 10.1. The number of rotatable bonds is 7. The van der Waals surface area contributed by atoms with Gasteiger partial charge in [-0.25, -0.2) is 0 Å². The molecule has 0 bridgehead atoms. The molecule has 1 fully saturated rings. The molecular formula is C22H28N4O5. The van der Waals surface area contributed by atoms with Crippen LogP contribution in [0.4, 0.5) is 0 Å². The van der Waals surface area contributed by atoms with Crippen LogP contribution in [-0.2, 0) is 24.3 Å². The van der Waals surface area contributed by atoms with Gasteiger partial charge >= 0.3 is 0 Å². The SMILES string of the molecule is COc1ccc(CN2C[C@@H](Cc3cc(C)no3)[C@H](O)C2)cc1Cn1cccn1.O=CO. The number of carbonyl (C=O) groups is 1. The zero-order chi connectivity index (χ0) is 22.2.